The van der Waals surface area contributed by atoms with Gasteiger partial charge in [0.15, 0.2) is 0 Å². The fourth-order valence-electron chi connectivity index (χ4n) is 3.05. The number of fused-ring (bicyclic) bond motifs is 1. The molecule has 3 aliphatic carbocycles. The van der Waals surface area contributed by atoms with E-state index in [1.165, 1.54) is 0 Å². The Morgan fingerprint density at radius 1 is 1.33 bits per heavy atom. The van der Waals surface area contributed by atoms with Crippen LogP contribution in [-0.4, -0.2) is 17.9 Å². The van der Waals surface area contributed by atoms with Crippen LogP contribution in [0, 0.1) is 29.6 Å². The second-order valence-electron chi connectivity index (χ2n) is 6.07. The molecule has 2 nitrogen and oxygen atoms in total. The number of carbonyl (C=O) groups excluding carboxylic acids is 1. The molecule has 1 amide bonds. The first-order valence-electron chi connectivity index (χ1n) is 6.62. The Hall–Kier alpha value is -1.11. The summed E-state index contributed by atoms with van der Waals surface area (Å²) < 4.78 is 26.1. The third-order valence-electron chi connectivity index (χ3n) is 4.83. The summed E-state index contributed by atoms with van der Waals surface area (Å²) in [5, 5.41) is 2.89. The van der Waals surface area contributed by atoms with Crippen molar-refractivity contribution in [2.45, 2.75) is 50.5 Å². The number of hydrogen-bond acceptors (Lipinski definition) is 1. The predicted molar refractivity (Wildman–Crippen MR) is 62.8 cm³/mol. The SMILES string of the molecule is C#CC(NC(=O)C12CC1C2)C1CCC(F)(F)CC1. The summed E-state index contributed by atoms with van der Waals surface area (Å²) in [6, 6.07) is -0.371. The van der Waals surface area contributed by atoms with Crippen LogP contribution in [0.15, 0.2) is 0 Å². The lowest BCUT2D eigenvalue weighted by Gasteiger charge is -2.32. The highest BCUT2D eigenvalue weighted by Gasteiger charge is 2.74. The zero-order chi connectivity index (χ0) is 13.0. The van der Waals surface area contributed by atoms with Crippen LogP contribution in [0.4, 0.5) is 8.78 Å². The van der Waals surface area contributed by atoms with Crippen molar-refractivity contribution in [3.05, 3.63) is 0 Å². The van der Waals surface area contributed by atoms with E-state index in [0.29, 0.717) is 18.8 Å². The lowest BCUT2D eigenvalue weighted by atomic mass is 9.82. The van der Waals surface area contributed by atoms with Gasteiger partial charge in [0.1, 0.15) is 0 Å². The zero-order valence-corrected chi connectivity index (χ0v) is 10.2. The molecule has 3 fully saturated rings. The molecule has 0 heterocycles. The van der Waals surface area contributed by atoms with Gasteiger partial charge in [-0.2, -0.15) is 0 Å². The van der Waals surface area contributed by atoms with Crippen LogP contribution >= 0.6 is 0 Å². The third kappa shape index (κ3) is 1.90. The standard InChI is InChI=1S/C14H17F2NO/c1-2-11(9-3-5-14(15,16)6-4-9)17-12(18)13-7-10(13)8-13/h1,9-11H,3-8H2,(H,17,18). The molecule has 1 atom stereocenters. The quantitative estimate of drug-likeness (QED) is 0.768. The average Bonchev–Trinajstić information content (AvgIpc) is 3.14. The number of halogens is 2. The van der Waals surface area contributed by atoms with Gasteiger partial charge in [-0.3, -0.25) is 4.79 Å². The molecule has 0 aromatic heterocycles. The number of alkyl halides is 2. The summed E-state index contributed by atoms with van der Waals surface area (Å²) >= 11 is 0. The van der Waals surface area contributed by atoms with Gasteiger partial charge >= 0.3 is 0 Å². The fourth-order valence-corrected chi connectivity index (χ4v) is 3.05. The molecule has 0 aromatic carbocycles. The van der Waals surface area contributed by atoms with Crippen LogP contribution in [0.25, 0.3) is 0 Å². The van der Waals surface area contributed by atoms with E-state index in [0.717, 1.165) is 12.8 Å². The van der Waals surface area contributed by atoms with Crippen LogP contribution in [0.5, 0.6) is 0 Å². The van der Waals surface area contributed by atoms with Crippen LogP contribution in [-0.2, 0) is 4.79 Å². The van der Waals surface area contributed by atoms with Gasteiger partial charge in [0.2, 0.25) is 11.8 Å². The topological polar surface area (TPSA) is 29.1 Å². The molecule has 0 bridgehead atoms. The van der Waals surface area contributed by atoms with Gasteiger partial charge in [-0.05, 0) is 37.5 Å². The van der Waals surface area contributed by atoms with Crippen molar-refractivity contribution >= 4 is 5.91 Å². The summed E-state index contributed by atoms with van der Waals surface area (Å²) in [6.45, 7) is 0. The Kier molecular flexibility index (Phi) is 2.45. The van der Waals surface area contributed by atoms with E-state index in [1.807, 2.05) is 0 Å². The molecule has 18 heavy (non-hydrogen) atoms. The Morgan fingerprint density at radius 2 is 1.89 bits per heavy atom. The molecule has 0 aromatic rings. The Morgan fingerprint density at radius 3 is 2.33 bits per heavy atom. The molecule has 3 saturated carbocycles. The van der Waals surface area contributed by atoms with E-state index in [-0.39, 0.29) is 36.1 Å². The van der Waals surface area contributed by atoms with E-state index in [4.69, 9.17) is 6.42 Å². The molecule has 98 valence electrons. The number of nitrogens with one attached hydrogen (secondary N) is 1. The highest BCUT2D eigenvalue weighted by molar-refractivity contribution is 5.90. The summed E-state index contributed by atoms with van der Waals surface area (Å²) in [5.41, 5.74) is -0.103. The highest BCUT2D eigenvalue weighted by Crippen LogP contribution is 2.75. The Balaban J connectivity index is 1.56. The minimum atomic E-state index is -2.55. The van der Waals surface area contributed by atoms with Crippen molar-refractivity contribution in [3.8, 4) is 12.3 Å². The van der Waals surface area contributed by atoms with Crippen LogP contribution in [0.2, 0.25) is 0 Å². The van der Waals surface area contributed by atoms with Gasteiger partial charge in [-0.15, -0.1) is 6.42 Å². The fraction of sp³-hybridized carbons (Fsp3) is 0.786. The summed E-state index contributed by atoms with van der Waals surface area (Å²) in [7, 11) is 0. The van der Waals surface area contributed by atoms with E-state index < -0.39 is 5.92 Å². The first kappa shape index (κ1) is 12.0. The van der Waals surface area contributed by atoms with Crippen LogP contribution in [0.3, 0.4) is 0 Å². The molecule has 0 spiro atoms. The van der Waals surface area contributed by atoms with Gasteiger partial charge < -0.3 is 5.32 Å². The van der Waals surface area contributed by atoms with E-state index >= 15 is 0 Å². The van der Waals surface area contributed by atoms with Gasteiger partial charge in [0.25, 0.3) is 0 Å². The lowest BCUT2D eigenvalue weighted by Crippen LogP contribution is -2.43. The number of hydrogen-bond donors (Lipinski definition) is 1. The maximum absolute atomic E-state index is 13.1. The van der Waals surface area contributed by atoms with Gasteiger partial charge in [0, 0.05) is 12.8 Å². The van der Waals surface area contributed by atoms with Gasteiger partial charge in [-0.1, -0.05) is 5.92 Å². The van der Waals surface area contributed by atoms with Crippen molar-refractivity contribution in [2.24, 2.45) is 17.3 Å². The second-order valence-corrected chi connectivity index (χ2v) is 6.07. The normalized spacial score (nSPS) is 38.2. The summed E-state index contributed by atoms with van der Waals surface area (Å²) in [6.07, 6.45) is 7.99. The molecule has 0 saturated heterocycles. The molecule has 4 heteroatoms. The van der Waals surface area contributed by atoms with E-state index in [1.54, 1.807) is 0 Å². The lowest BCUT2D eigenvalue weighted by molar-refractivity contribution is -0.125. The largest absolute Gasteiger partial charge is 0.342 e. The number of rotatable bonds is 3. The Labute approximate surface area is 106 Å². The maximum Gasteiger partial charge on any atom is 0.248 e. The summed E-state index contributed by atoms with van der Waals surface area (Å²) in [5.74, 6) is 0.656. The summed E-state index contributed by atoms with van der Waals surface area (Å²) in [4.78, 5) is 12.0. The molecular formula is C14H17F2NO. The number of terminal acetylenes is 1. The molecular weight excluding hydrogens is 236 g/mol. The smallest absolute Gasteiger partial charge is 0.248 e. The molecule has 3 aliphatic rings. The molecule has 1 unspecified atom stereocenters. The van der Waals surface area contributed by atoms with E-state index in [2.05, 4.69) is 11.2 Å². The minimum absolute atomic E-state index is 0.00549. The average molecular weight is 253 g/mol. The monoisotopic (exact) mass is 253 g/mol. The van der Waals surface area contributed by atoms with Crippen molar-refractivity contribution in [2.75, 3.05) is 0 Å². The van der Waals surface area contributed by atoms with Crippen LogP contribution in [0.1, 0.15) is 38.5 Å². The third-order valence-corrected chi connectivity index (χ3v) is 4.83. The zero-order valence-electron chi connectivity index (χ0n) is 10.2. The predicted octanol–water partition coefficient (Wildman–Crippen LogP) is 2.34. The van der Waals surface area contributed by atoms with Crippen molar-refractivity contribution < 1.29 is 13.6 Å². The van der Waals surface area contributed by atoms with E-state index in [9.17, 15) is 13.6 Å². The Bertz CT molecular complexity index is 410. The maximum atomic E-state index is 13.1. The molecule has 3 rings (SSSR count). The molecule has 1 N–H and O–H groups in total. The number of amides is 1. The van der Waals surface area contributed by atoms with Crippen molar-refractivity contribution in [3.63, 3.8) is 0 Å². The minimum Gasteiger partial charge on any atom is -0.342 e. The van der Waals surface area contributed by atoms with Crippen molar-refractivity contribution in [1.82, 2.24) is 5.32 Å². The first-order chi connectivity index (χ1) is 8.47. The first-order valence-corrected chi connectivity index (χ1v) is 6.62. The molecule has 0 aliphatic heterocycles. The second kappa shape index (κ2) is 3.69. The number of carbonyl (C=O) groups is 1. The van der Waals surface area contributed by atoms with Gasteiger partial charge in [-0.25, -0.2) is 8.78 Å². The van der Waals surface area contributed by atoms with Crippen molar-refractivity contribution in [1.29, 1.82) is 0 Å². The highest BCUT2D eigenvalue weighted by atomic mass is 19.3. The molecule has 0 radical (unpaired) electrons. The van der Waals surface area contributed by atoms with Gasteiger partial charge in [0.05, 0.1) is 11.5 Å². The van der Waals surface area contributed by atoms with Crippen LogP contribution < -0.4 is 5.32 Å².